The second-order valence-electron chi connectivity index (χ2n) is 3.98. The van der Waals surface area contributed by atoms with Crippen LogP contribution in [0.5, 0.6) is 0 Å². The van der Waals surface area contributed by atoms with E-state index in [2.05, 4.69) is 31.5 Å². The van der Waals surface area contributed by atoms with Crippen LogP contribution in [0.3, 0.4) is 0 Å². The molecule has 0 bridgehead atoms. The fourth-order valence-corrected chi connectivity index (χ4v) is 2.52. The number of rotatable bonds is 4. The Morgan fingerprint density at radius 3 is 2.76 bits per heavy atom. The van der Waals surface area contributed by atoms with Gasteiger partial charge in [-0.15, -0.1) is 0 Å². The van der Waals surface area contributed by atoms with Crippen molar-refractivity contribution in [2.45, 2.75) is 6.54 Å². The van der Waals surface area contributed by atoms with Gasteiger partial charge in [-0.2, -0.15) is 0 Å². The maximum atomic E-state index is 11.7. The van der Waals surface area contributed by atoms with Crippen LogP contribution in [0.2, 0.25) is 0 Å². The molecule has 4 N–H and O–H groups in total. The molecular formula is C12H10BrN3O4S. The minimum Gasteiger partial charge on any atom is -0.478 e. The number of carboxylic acids is 1. The summed E-state index contributed by atoms with van der Waals surface area (Å²) in [7, 11) is 0. The van der Waals surface area contributed by atoms with Crippen LogP contribution < -0.4 is 15.5 Å². The van der Waals surface area contributed by atoms with Crippen LogP contribution in [-0.4, -0.2) is 22.1 Å². The van der Waals surface area contributed by atoms with E-state index in [1.807, 2.05) is 0 Å². The standard InChI is InChI=1S/C12H10BrN3O4S/c13-9-2-1-6(3-8(9)10(17)18)15-11(19)14-4-7-5-21-12(20)16-7/h1-3,5H,4H2,(H,16,20)(H,17,18)(H2,14,15,19). The van der Waals surface area contributed by atoms with Crippen LogP contribution in [-0.2, 0) is 6.54 Å². The Morgan fingerprint density at radius 2 is 2.14 bits per heavy atom. The maximum Gasteiger partial charge on any atom is 0.336 e. The van der Waals surface area contributed by atoms with Crippen molar-refractivity contribution in [1.82, 2.24) is 10.3 Å². The third-order valence-electron chi connectivity index (χ3n) is 2.46. The number of hydrogen-bond donors (Lipinski definition) is 4. The summed E-state index contributed by atoms with van der Waals surface area (Å²) in [6.45, 7) is 0.174. The topological polar surface area (TPSA) is 111 Å². The van der Waals surface area contributed by atoms with Crippen LogP contribution in [0.4, 0.5) is 10.5 Å². The van der Waals surface area contributed by atoms with E-state index in [9.17, 15) is 14.4 Å². The van der Waals surface area contributed by atoms with Crippen molar-refractivity contribution < 1.29 is 14.7 Å². The first-order chi connectivity index (χ1) is 9.95. The number of carbonyl (C=O) groups is 2. The molecule has 110 valence electrons. The van der Waals surface area contributed by atoms with Gasteiger partial charge in [0.15, 0.2) is 0 Å². The first-order valence-electron chi connectivity index (χ1n) is 5.70. The molecule has 0 aliphatic carbocycles. The summed E-state index contributed by atoms with van der Waals surface area (Å²) in [5, 5.41) is 15.7. The molecule has 7 nitrogen and oxygen atoms in total. The molecule has 0 fully saturated rings. The third-order valence-corrected chi connectivity index (χ3v) is 3.87. The second-order valence-corrected chi connectivity index (χ2v) is 5.68. The lowest BCUT2D eigenvalue weighted by atomic mass is 10.2. The fourth-order valence-electron chi connectivity index (χ4n) is 1.52. The Balaban J connectivity index is 1.98. The highest BCUT2D eigenvalue weighted by Crippen LogP contribution is 2.21. The molecule has 0 atom stereocenters. The highest BCUT2D eigenvalue weighted by molar-refractivity contribution is 9.10. The van der Waals surface area contributed by atoms with Crippen molar-refractivity contribution >= 4 is 45.0 Å². The average Bonchev–Trinajstić information content (AvgIpc) is 2.84. The summed E-state index contributed by atoms with van der Waals surface area (Å²) in [6, 6.07) is 3.96. The summed E-state index contributed by atoms with van der Waals surface area (Å²) in [5.41, 5.74) is 1.00. The van der Waals surface area contributed by atoms with Gasteiger partial charge in [-0.3, -0.25) is 4.79 Å². The number of aromatic amines is 1. The van der Waals surface area contributed by atoms with Crippen LogP contribution >= 0.6 is 27.3 Å². The zero-order chi connectivity index (χ0) is 15.4. The van der Waals surface area contributed by atoms with Gasteiger partial charge in [-0.25, -0.2) is 9.59 Å². The Labute approximate surface area is 131 Å². The normalized spacial score (nSPS) is 10.1. The first-order valence-corrected chi connectivity index (χ1v) is 7.37. The maximum absolute atomic E-state index is 11.7. The first kappa shape index (κ1) is 15.3. The summed E-state index contributed by atoms with van der Waals surface area (Å²) >= 11 is 4.13. The molecule has 0 radical (unpaired) electrons. The molecule has 0 aliphatic rings. The molecule has 2 amide bonds. The van der Waals surface area contributed by atoms with E-state index in [4.69, 9.17) is 5.11 Å². The van der Waals surface area contributed by atoms with Gasteiger partial charge in [-0.05, 0) is 34.1 Å². The van der Waals surface area contributed by atoms with Crippen molar-refractivity contribution in [3.05, 3.63) is 49.0 Å². The van der Waals surface area contributed by atoms with Crippen molar-refractivity contribution in [3.8, 4) is 0 Å². The molecule has 21 heavy (non-hydrogen) atoms. The molecule has 2 rings (SSSR count). The average molecular weight is 372 g/mol. The van der Waals surface area contributed by atoms with Gasteiger partial charge < -0.3 is 20.7 Å². The molecule has 1 heterocycles. The summed E-state index contributed by atoms with van der Waals surface area (Å²) in [5.74, 6) is -1.10. The highest BCUT2D eigenvalue weighted by Gasteiger charge is 2.10. The van der Waals surface area contributed by atoms with Crippen molar-refractivity contribution in [2.75, 3.05) is 5.32 Å². The number of thiazole rings is 1. The number of carbonyl (C=O) groups excluding carboxylic acids is 1. The summed E-state index contributed by atoms with van der Waals surface area (Å²) in [6.07, 6.45) is 0. The van der Waals surface area contributed by atoms with E-state index < -0.39 is 12.0 Å². The number of benzene rings is 1. The zero-order valence-electron chi connectivity index (χ0n) is 10.5. The monoisotopic (exact) mass is 371 g/mol. The van der Waals surface area contributed by atoms with Gasteiger partial charge in [0.25, 0.3) is 0 Å². The predicted octanol–water partition coefficient (Wildman–Crippen LogP) is 2.22. The van der Waals surface area contributed by atoms with Gasteiger partial charge in [0.05, 0.1) is 12.1 Å². The number of nitrogens with one attached hydrogen (secondary N) is 3. The van der Waals surface area contributed by atoms with Crippen LogP contribution in [0.1, 0.15) is 16.1 Å². The number of amides is 2. The lowest BCUT2D eigenvalue weighted by Crippen LogP contribution is -2.28. The fraction of sp³-hybridized carbons (Fsp3) is 0.0833. The molecule has 1 aromatic heterocycles. The van der Waals surface area contributed by atoms with Crippen LogP contribution in [0.15, 0.2) is 32.8 Å². The van der Waals surface area contributed by atoms with Gasteiger partial charge in [-0.1, -0.05) is 11.3 Å². The van der Waals surface area contributed by atoms with Crippen LogP contribution in [0, 0.1) is 0 Å². The highest BCUT2D eigenvalue weighted by atomic mass is 79.9. The van der Waals surface area contributed by atoms with E-state index in [1.54, 1.807) is 11.4 Å². The third kappa shape index (κ3) is 4.17. The molecule has 0 aliphatic heterocycles. The molecule has 0 spiro atoms. The van der Waals surface area contributed by atoms with Gasteiger partial charge in [0.1, 0.15) is 0 Å². The Morgan fingerprint density at radius 1 is 1.38 bits per heavy atom. The van der Waals surface area contributed by atoms with Gasteiger partial charge in [0.2, 0.25) is 0 Å². The Kier molecular flexibility index (Phi) is 4.76. The number of H-pyrrole nitrogens is 1. The molecular weight excluding hydrogens is 362 g/mol. The van der Waals surface area contributed by atoms with Crippen molar-refractivity contribution in [2.24, 2.45) is 0 Å². The smallest absolute Gasteiger partial charge is 0.336 e. The van der Waals surface area contributed by atoms with Crippen molar-refractivity contribution in [1.29, 1.82) is 0 Å². The number of aromatic carboxylic acids is 1. The molecule has 0 unspecified atom stereocenters. The Hall–Kier alpha value is -2.13. The predicted molar refractivity (Wildman–Crippen MR) is 81.9 cm³/mol. The largest absolute Gasteiger partial charge is 0.478 e. The minimum atomic E-state index is -1.10. The number of hydrogen-bond acceptors (Lipinski definition) is 4. The van der Waals surface area contributed by atoms with E-state index in [0.29, 0.717) is 15.9 Å². The quantitative estimate of drug-likeness (QED) is 0.659. The number of carboxylic acid groups (broad SMARTS) is 1. The van der Waals surface area contributed by atoms with E-state index in [-0.39, 0.29) is 17.0 Å². The number of anilines is 1. The molecule has 2 aromatic rings. The Bertz CT molecular complexity index is 740. The van der Waals surface area contributed by atoms with Crippen LogP contribution in [0.25, 0.3) is 0 Å². The number of halogens is 1. The van der Waals surface area contributed by atoms with E-state index >= 15 is 0 Å². The molecule has 0 saturated carbocycles. The number of aromatic nitrogens is 1. The molecule has 1 aromatic carbocycles. The van der Waals surface area contributed by atoms with Gasteiger partial charge in [0, 0.05) is 21.2 Å². The zero-order valence-corrected chi connectivity index (χ0v) is 12.9. The summed E-state index contributed by atoms with van der Waals surface area (Å²) < 4.78 is 0.428. The van der Waals surface area contributed by atoms with E-state index in [0.717, 1.165) is 11.3 Å². The molecule has 0 saturated heterocycles. The second kappa shape index (κ2) is 6.55. The molecule has 9 heteroatoms. The number of urea groups is 1. The lowest BCUT2D eigenvalue weighted by Gasteiger charge is -2.08. The van der Waals surface area contributed by atoms with Gasteiger partial charge >= 0.3 is 16.9 Å². The van der Waals surface area contributed by atoms with Crippen molar-refractivity contribution in [3.63, 3.8) is 0 Å². The minimum absolute atomic E-state index is 0.0509. The lowest BCUT2D eigenvalue weighted by molar-refractivity contribution is 0.0696. The SMILES string of the molecule is O=C(NCc1csc(=O)[nH]1)Nc1ccc(Br)c(C(=O)O)c1. The van der Waals surface area contributed by atoms with E-state index in [1.165, 1.54) is 12.1 Å². The summed E-state index contributed by atoms with van der Waals surface area (Å²) in [4.78, 5) is 36.0.